The second-order valence-electron chi connectivity index (χ2n) is 5.44. The van der Waals surface area contributed by atoms with E-state index in [-0.39, 0.29) is 11.9 Å². The quantitative estimate of drug-likeness (QED) is 0.669. The first-order valence-corrected chi connectivity index (χ1v) is 7.81. The minimum absolute atomic E-state index is 0.0612. The van der Waals surface area contributed by atoms with Crippen LogP contribution < -0.4 is 11.3 Å². The van der Waals surface area contributed by atoms with Gasteiger partial charge >= 0.3 is 0 Å². The molecular weight excluding hydrogens is 271 g/mol. The maximum absolute atomic E-state index is 13.4. The van der Waals surface area contributed by atoms with Crippen LogP contribution in [0.3, 0.4) is 0 Å². The van der Waals surface area contributed by atoms with Gasteiger partial charge in [0, 0.05) is 9.75 Å². The Balaban J connectivity index is 1.84. The lowest BCUT2D eigenvalue weighted by atomic mass is 10.00. The number of nitrogens with two attached hydrogens (primary N) is 1. The van der Waals surface area contributed by atoms with Crippen molar-refractivity contribution in [3.63, 3.8) is 0 Å². The van der Waals surface area contributed by atoms with Gasteiger partial charge in [0.05, 0.1) is 6.04 Å². The minimum Gasteiger partial charge on any atom is -0.271 e. The molecule has 1 heterocycles. The van der Waals surface area contributed by atoms with E-state index in [0.717, 1.165) is 17.5 Å². The molecule has 1 aromatic carbocycles. The molecule has 1 aromatic heterocycles. The van der Waals surface area contributed by atoms with Crippen LogP contribution in [0, 0.1) is 12.7 Å². The summed E-state index contributed by atoms with van der Waals surface area (Å²) in [5.74, 6) is 5.54. The van der Waals surface area contributed by atoms with Crippen molar-refractivity contribution >= 4 is 11.3 Å². The van der Waals surface area contributed by atoms with Gasteiger partial charge in [-0.1, -0.05) is 6.07 Å². The second kappa shape index (κ2) is 5.64. The number of hydrogen-bond donors (Lipinski definition) is 2. The Bertz CT molecular complexity index is 599. The summed E-state index contributed by atoms with van der Waals surface area (Å²) < 4.78 is 13.4. The van der Waals surface area contributed by atoms with Crippen molar-refractivity contribution < 1.29 is 4.39 Å². The molecule has 0 bridgehead atoms. The molecule has 3 rings (SSSR count). The highest BCUT2D eigenvalue weighted by atomic mass is 32.1. The molecule has 0 saturated carbocycles. The van der Waals surface area contributed by atoms with E-state index in [1.165, 1.54) is 40.6 Å². The van der Waals surface area contributed by atoms with Crippen molar-refractivity contribution in [1.82, 2.24) is 5.43 Å². The largest absolute Gasteiger partial charge is 0.271 e. The molecule has 0 saturated heterocycles. The van der Waals surface area contributed by atoms with Crippen molar-refractivity contribution in [2.75, 3.05) is 0 Å². The van der Waals surface area contributed by atoms with Crippen LogP contribution in [-0.2, 0) is 19.3 Å². The first-order valence-electron chi connectivity index (χ1n) is 7.00. The Morgan fingerprint density at radius 1 is 1.35 bits per heavy atom. The van der Waals surface area contributed by atoms with Crippen molar-refractivity contribution in [3.8, 4) is 0 Å². The number of benzene rings is 1. The van der Waals surface area contributed by atoms with E-state index in [1.807, 2.05) is 24.3 Å². The fraction of sp³-hybridized carbons (Fsp3) is 0.375. The van der Waals surface area contributed by atoms with E-state index in [1.54, 1.807) is 6.07 Å². The number of fused-ring (bicyclic) bond motifs is 1. The highest BCUT2D eigenvalue weighted by molar-refractivity contribution is 7.12. The zero-order valence-corrected chi connectivity index (χ0v) is 12.4. The Morgan fingerprint density at radius 2 is 2.20 bits per heavy atom. The van der Waals surface area contributed by atoms with Gasteiger partial charge in [-0.15, -0.1) is 11.3 Å². The molecule has 1 atom stereocenters. The summed E-state index contributed by atoms with van der Waals surface area (Å²) in [5.41, 5.74) is 6.49. The summed E-state index contributed by atoms with van der Waals surface area (Å²) in [6.07, 6.45) is 4.36. The predicted octanol–water partition coefficient (Wildman–Crippen LogP) is 3.43. The number of halogens is 1. The van der Waals surface area contributed by atoms with Crippen LogP contribution in [0.5, 0.6) is 0 Å². The van der Waals surface area contributed by atoms with Gasteiger partial charge in [-0.25, -0.2) is 4.39 Å². The highest BCUT2D eigenvalue weighted by Gasteiger charge is 2.20. The lowest BCUT2D eigenvalue weighted by molar-refractivity contribution is 0.555. The summed E-state index contributed by atoms with van der Waals surface area (Å²) in [5, 5.41) is 0. The van der Waals surface area contributed by atoms with Crippen molar-refractivity contribution in [1.29, 1.82) is 0 Å². The van der Waals surface area contributed by atoms with Crippen LogP contribution in [0.1, 0.15) is 38.9 Å². The molecule has 0 amide bonds. The molecule has 2 nitrogen and oxygen atoms in total. The van der Waals surface area contributed by atoms with Gasteiger partial charge in [0.1, 0.15) is 5.82 Å². The fourth-order valence-electron chi connectivity index (χ4n) is 2.85. The molecule has 0 radical (unpaired) electrons. The Labute approximate surface area is 122 Å². The third-order valence-electron chi connectivity index (χ3n) is 4.05. The number of hydrazine groups is 1. The van der Waals surface area contributed by atoms with Crippen LogP contribution in [0.25, 0.3) is 0 Å². The number of nitrogens with one attached hydrogen (secondary N) is 1. The lowest BCUT2D eigenvalue weighted by Gasteiger charge is -2.16. The number of aryl methyl sites for hydroxylation is 3. The molecule has 0 aliphatic heterocycles. The topological polar surface area (TPSA) is 38.0 Å². The highest BCUT2D eigenvalue weighted by Crippen LogP contribution is 2.34. The monoisotopic (exact) mass is 290 g/mol. The molecular formula is C16H19FN2S. The van der Waals surface area contributed by atoms with E-state index in [2.05, 4.69) is 11.5 Å². The van der Waals surface area contributed by atoms with E-state index in [9.17, 15) is 4.39 Å². The maximum Gasteiger partial charge on any atom is 0.123 e. The summed E-state index contributed by atoms with van der Waals surface area (Å²) in [6.45, 7) is 2.01. The van der Waals surface area contributed by atoms with Gasteiger partial charge in [-0.3, -0.25) is 11.3 Å². The standard InChI is InChI=1S/C16H19FN2S/c1-10-5-6-13(17)7-12(10)8-14(19-18)16-9-11-3-2-4-15(11)20-16/h5-7,9,14,19H,2-4,8,18H2,1H3. The van der Waals surface area contributed by atoms with Crippen molar-refractivity contribution in [3.05, 3.63) is 56.5 Å². The van der Waals surface area contributed by atoms with Crippen molar-refractivity contribution in [2.24, 2.45) is 5.84 Å². The van der Waals surface area contributed by atoms with Crippen LogP contribution in [0.2, 0.25) is 0 Å². The fourth-order valence-corrected chi connectivity index (χ4v) is 4.16. The van der Waals surface area contributed by atoms with Crippen LogP contribution in [0.15, 0.2) is 24.3 Å². The van der Waals surface area contributed by atoms with Gasteiger partial charge in [0.15, 0.2) is 0 Å². The van der Waals surface area contributed by atoms with Gasteiger partial charge in [0.25, 0.3) is 0 Å². The SMILES string of the molecule is Cc1ccc(F)cc1CC(NN)c1cc2c(s1)CCC2. The number of rotatable bonds is 4. The number of thiophene rings is 1. The minimum atomic E-state index is -0.185. The normalized spacial score (nSPS) is 15.3. The average molecular weight is 290 g/mol. The number of hydrogen-bond acceptors (Lipinski definition) is 3. The lowest BCUT2D eigenvalue weighted by Crippen LogP contribution is -2.29. The molecule has 0 spiro atoms. The zero-order valence-electron chi connectivity index (χ0n) is 11.6. The molecule has 20 heavy (non-hydrogen) atoms. The van der Waals surface area contributed by atoms with Crippen LogP contribution >= 0.6 is 11.3 Å². The first-order chi connectivity index (χ1) is 9.67. The molecule has 3 N–H and O–H groups in total. The Hall–Kier alpha value is -1.23. The van der Waals surface area contributed by atoms with Gasteiger partial charge in [0.2, 0.25) is 0 Å². The van der Waals surface area contributed by atoms with Crippen molar-refractivity contribution in [2.45, 2.75) is 38.6 Å². The molecule has 0 fully saturated rings. The zero-order chi connectivity index (χ0) is 14.1. The molecule has 2 aromatic rings. The predicted molar refractivity (Wildman–Crippen MR) is 81.2 cm³/mol. The van der Waals surface area contributed by atoms with Crippen LogP contribution in [0.4, 0.5) is 4.39 Å². The molecule has 106 valence electrons. The summed E-state index contributed by atoms with van der Waals surface area (Å²) in [7, 11) is 0. The average Bonchev–Trinajstić information content (AvgIpc) is 3.00. The van der Waals surface area contributed by atoms with E-state index in [4.69, 9.17) is 5.84 Å². The summed E-state index contributed by atoms with van der Waals surface area (Å²) in [6, 6.07) is 7.27. The second-order valence-corrected chi connectivity index (χ2v) is 6.61. The van der Waals surface area contributed by atoms with Gasteiger partial charge in [-0.2, -0.15) is 0 Å². The smallest absolute Gasteiger partial charge is 0.123 e. The Morgan fingerprint density at radius 3 is 2.95 bits per heavy atom. The van der Waals surface area contributed by atoms with Gasteiger partial charge < -0.3 is 0 Å². The Kier molecular flexibility index (Phi) is 3.87. The van der Waals surface area contributed by atoms with E-state index in [0.29, 0.717) is 0 Å². The molecule has 1 aliphatic carbocycles. The molecule has 4 heteroatoms. The van der Waals surface area contributed by atoms with E-state index < -0.39 is 0 Å². The summed E-state index contributed by atoms with van der Waals surface area (Å²) in [4.78, 5) is 2.76. The molecule has 1 aliphatic rings. The maximum atomic E-state index is 13.4. The van der Waals surface area contributed by atoms with Crippen LogP contribution in [-0.4, -0.2) is 0 Å². The van der Waals surface area contributed by atoms with Gasteiger partial charge in [-0.05, 0) is 67.5 Å². The molecule has 1 unspecified atom stereocenters. The third-order valence-corrected chi connectivity index (χ3v) is 5.40. The van der Waals surface area contributed by atoms with E-state index >= 15 is 0 Å². The third kappa shape index (κ3) is 2.64. The first kappa shape index (κ1) is 13.7. The summed E-state index contributed by atoms with van der Waals surface area (Å²) >= 11 is 1.85.